The monoisotopic (exact) mass is 453 g/mol. The molecule has 2 atom stereocenters. The summed E-state index contributed by atoms with van der Waals surface area (Å²) in [6.45, 7) is 8.12. The molecule has 2 aromatic carbocycles. The summed E-state index contributed by atoms with van der Waals surface area (Å²) >= 11 is 0. The second kappa shape index (κ2) is 10.4. The minimum absolute atomic E-state index is 0.0302. The molecule has 3 aromatic rings. The Hall–Kier alpha value is -3.16. The van der Waals surface area contributed by atoms with E-state index < -0.39 is 9.84 Å². The van der Waals surface area contributed by atoms with Crippen LogP contribution >= 0.6 is 0 Å². The van der Waals surface area contributed by atoms with E-state index in [0.29, 0.717) is 12.3 Å². The number of allylic oxidation sites excluding steroid dienone is 1. The number of nitrogens with zero attached hydrogens (tertiary/aromatic N) is 1. The Kier molecular flexibility index (Phi) is 7.66. The smallest absolute Gasteiger partial charge is 0.320 e. The number of hydrogen-bond acceptors (Lipinski definition) is 6. The van der Waals surface area contributed by atoms with Crippen LogP contribution in [0.15, 0.2) is 94.1 Å². The van der Waals surface area contributed by atoms with Crippen molar-refractivity contribution in [3.63, 3.8) is 0 Å². The van der Waals surface area contributed by atoms with Crippen LogP contribution in [0.25, 0.3) is 5.57 Å². The zero-order valence-corrected chi connectivity index (χ0v) is 19.2. The van der Waals surface area contributed by atoms with E-state index >= 15 is 0 Å². The first kappa shape index (κ1) is 23.5. The van der Waals surface area contributed by atoms with Gasteiger partial charge in [0.05, 0.1) is 24.7 Å². The van der Waals surface area contributed by atoms with E-state index in [4.69, 9.17) is 13.9 Å². The van der Waals surface area contributed by atoms with Crippen LogP contribution in [-0.4, -0.2) is 26.6 Å². The minimum Gasteiger partial charge on any atom is -0.497 e. The highest BCUT2D eigenvalue weighted by molar-refractivity contribution is 7.91. The molecule has 7 heteroatoms. The van der Waals surface area contributed by atoms with Crippen molar-refractivity contribution in [3.8, 4) is 5.75 Å². The molecule has 0 aliphatic rings. The number of hydrogen-bond donors (Lipinski definition) is 0. The standard InChI is InChI=1S/C25H27NO5S/c1-5-18(2)24(30-16-20-11-13-21(29-4)14-12-20)15-19(3)23-17-31-25(26-23)32(27,28)22-9-7-6-8-10-22/h5-15,17-18,24H,1,16H2,2-4H3/b19-15+/t18-,24-/m0/s1. The molecule has 0 bridgehead atoms. The lowest BCUT2D eigenvalue weighted by atomic mass is 10.0. The average Bonchev–Trinajstić information content (AvgIpc) is 3.33. The van der Waals surface area contributed by atoms with E-state index in [1.807, 2.05) is 50.3 Å². The molecule has 1 aromatic heterocycles. The topological polar surface area (TPSA) is 78.6 Å². The van der Waals surface area contributed by atoms with Crippen molar-refractivity contribution in [3.05, 3.63) is 90.8 Å². The second-order valence-electron chi connectivity index (χ2n) is 7.38. The Morgan fingerprint density at radius 2 is 1.84 bits per heavy atom. The van der Waals surface area contributed by atoms with Crippen molar-refractivity contribution in [1.29, 1.82) is 0 Å². The normalized spacial score (nSPS) is 14.0. The number of ether oxygens (including phenoxy) is 2. The molecule has 0 amide bonds. The van der Waals surface area contributed by atoms with Gasteiger partial charge in [0.2, 0.25) is 0 Å². The summed E-state index contributed by atoms with van der Waals surface area (Å²) in [5.41, 5.74) is 2.20. The number of methoxy groups -OCH3 is 1. The van der Waals surface area contributed by atoms with E-state index in [1.165, 1.54) is 18.4 Å². The Morgan fingerprint density at radius 3 is 2.47 bits per heavy atom. The van der Waals surface area contributed by atoms with Gasteiger partial charge >= 0.3 is 5.22 Å². The van der Waals surface area contributed by atoms with Gasteiger partial charge in [0, 0.05) is 5.92 Å². The van der Waals surface area contributed by atoms with Crippen LogP contribution in [0.3, 0.4) is 0 Å². The molecule has 0 saturated heterocycles. The molecule has 0 spiro atoms. The van der Waals surface area contributed by atoms with E-state index in [1.54, 1.807) is 25.3 Å². The van der Waals surface area contributed by atoms with Crippen LogP contribution in [-0.2, 0) is 21.2 Å². The lowest BCUT2D eigenvalue weighted by molar-refractivity contribution is 0.0504. The quantitative estimate of drug-likeness (QED) is 0.386. The van der Waals surface area contributed by atoms with Crippen LogP contribution in [0.1, 0.15) is 25.1 Å². The molecule has 0 aliphatic heterocycles. The fourth-order valence-electron chi connectivity index (χ4n) is 2.99. The Balaban J connectivity index is 1.78. The lowest BCUT2D eigenvalue weighted by Gasteiger charge is -2.20. The molecule has 0 radical (unpaired) electrons. The van der Waals surface area contributed by atoms with Gasteiger partial charge in [-0.3, -0.25) is 0 Å². The van der Waals surface area contributed by atoms with Crippen molar-refractivity contribution < 1.29 is 22.3 Å². The maximum atomic E-state index is 12.7. The molecule has 0 fully saturated rings. The van der Waals surface area contributed by atoms with Gasteiger partial charge in [-0.2, -0.15) is 4.98 Å². The van der Waals surface area contributed by atoms with Crippen molar-refractivity contribution in [2.24, 2.45) is 5.92 Å². The van der Waals surface area contributed by atoms with Gasteiger partial charge in [0.1, 0.15) is 17.7 Å². The number of benzene rings is 2. The third-order valence-electron chi connectivity index (χ3n) is 5.08. The van der Waals surface area contributed by atoms with Gasteiger partial charge in [-0.15, -0.1) is 6.58 Å². The number of oxazole rings is 1. The Bertz CT molecular complexity index is 1160. The lowest BCUT2D eigenvalue weighted by Crippen LogP contribution is -2.18. The SMILES string of the molecule is C=C[C@H](C)[C@H](/C=C(\C)c1coc(S(=O)(=O)c2ccccc2)n1)OCc1ccc(OC)cc1. The van der Waals surface area contributed by atoms with E-state index in [2.05, 4.69) is 11.6 Å². The first-order chi connectivity index (χ1) is 15.3. The second-order valence-corrected chi connectivity index (χ2v) is 9.21. The summed E-state index contributed by atoms with van der Waals surface area (Å²) in [7, 11) is -2.19. The van der Waals surface area contributed by atoms with Gasteiger partial charge in [0.15, 0.2) is 0 Å². The van der Waals surface area contributed by atoms with Crippen LogP contribution in [0.2, 0.25) is 0 Å². The zero-order valence-electron chi connectivity index (χ0n) is 18.4. The third kappa shape index (κ3) is 5.55. The molecule has 1 heterocycles. The summed E-state index contributed by atoms with van der Waals surface area (Å²) < 4.78 is 42.1. The highest BCUT2D eigenvalue weighted by Gasteiger charge is 2.24. The van der Waals surface area contributed by atoms with E-state index in [0.717, 1.165) is 16.9 Å². The van der Waals surface area contributed by atoms with Crippen LogP contribution in [0.5, 0.6) is 5.75 Å². The molecular weight excluding hydrogens is 426 g/mol. The van der Waals surface area contributed by atoms with Gasteiger partial charge in [0.25, 0.3) is 9.84 Å². The van der Waals surface area contributed by atoms with Crippen LogP contribution in [0.4, 0.5) is 0 Å². The van der Waals surface area contributed by atoms with Crippen LogP contribution in [0, 0.1) is 5.92 Å². The minimum atomic E-state index is -3.82. The molecule has 0 saturated carbocycles. The molecule has 0 aliphatic carbocycles. The largest absolute Gasteiger partial charge is 0.497 e. The summed E-state index contributed by atoms with van der Waals surface area (Å²) in [4.78, 5) is 4.35. The number of rotatable bonds is 10. The first-order valence-corrected chi connectivity index (χ1v) is 11.6. The fourth-order valence-corrected chi connectivity index (χ4v) is 4.10. The molecule has 3 rings (SSSR count). The van der Waals surface area contributed by atoms with Gasteiger partial charge in [-0.05, 0) is 42.3 Å². The Morgan fingerprint density at radius 1 is 1.16 bits per heavy atom. The molecule has 32 heavy (non-hydrogen) atoms. The van der Waals surface area contributed by atoms with Crippen molar-refractivity contribution in [2.45, 2.75) is 36.7 Å². The molecule has 0 N–H and O–H groups in total. The Labute approximate surface area is 189 Å². The average molecular weight is 454 g/mol. The van der Waals surface area contributed by atoms with Gasteiger partial charge in [-0.25, -0.2) is 8.42 Å². The fraction of sp³-hybridized carbons (Fsp3) is 0.240. The van der Waals surface area contributed by atoms with Crippen molar-refractivity contribution >= 4 is 15.4 Å². The highest BCUT2D eigenvalue weighted by atomic mass is 32.2. The number of sulfone groups is 1. The summed E-state index contributed by atoms with van der Waals surface area (Å²) in [5, 5.41) is -0.334. The highest BCUT2D eigenvalue weighted by Crippen LogP contribution is 2.24. The maximum Gasteiger partial charge on any atom is 0.320 e. The van der Waals surface area contributed by atoms with Gasteiger partial charge < -0.3 is 13.9 Å². The molecular formula is C25H27NO5S. The predicted octanol–water partition coefficient (Wildman–Crippen LogP) is 5.33. The number of aromatic nitrogens is 1. The summed E-state index contributed by atoms with van der Waals surface area (Å²) in [6.07, 6.45) is 4.80. The summed E-state index contributed by atoms with van der Waals surface area (Å²) in [6, 6.07) is 15.7. The van der Waals surface area contributed by atoms with Crippen molar-refractivity contribution in [2.75, 3.05) is 7.11 Å². The maximum absolute atomic E-state index is 12.7. The van der Waals surface area contributed by atoms with Crippen LogP contribution < -0.4 is 4.74 Å². The molecule has 0 unspecified atom stereocenters. The van der Waals surface area contributed by atoms with Gasteiger partial charge in [-0.1, -0.05) is 49.4 Å². The molecule has 6 nitrogen and oxygen atoms in total. The molecule has 168 valence electrons. The summed E-state index contributed by atoms with van der Waals surface area (Å²) in [5.74, 6) is 0.815. The first-order valence-electron chi connectivity index (χ1n) is 10.2. The third-order valence-corrected chi connectivity index (χ3v) is 6.62. The zero-order chi connectivity index (χ0) is 23.1. The van der Waals surface area contributed by atoms with Crippen molar-refractivity contribution in [1.82, 2.24) is 4.98 Å². The predicted molar refractivity (Wildman–Crippen MR) is 123 cm³/mol. The van der Waals surface area contributed by atoms with E-state index in [9.17, 15) is 8.42 Å². The van der Waals surface area contributed by atoms with E-state index in [-0.39, 0.29) is 22.1 Å².